The zero-order valence-electron chi connectivity index (χ0n) is 18.0. The second-order valence-corrected chi connectivity index (χ2v) is 8.23. The van der Waals surface area contributed by atoms with Gasteiger partial charge in [-0.15, -0.1) is 0 Å². The molecule has 1 aliphatic heterocycles. The van der Waals surface area contributed by atoms with Crippen LogP contribution in [0.4, 0.5) is 0 Å². The fourth-order valence-corrected chi connectivity index (χ4v) is 4.35. The lowest BCUT2D eigenvalue weighted by atomic mass is 9.97. The number of benzene rings is 1. The lowest BCUT2D eigenvalue weighted by Gasteiger charge is -2.35. The van der Waals surface area contributed by atoms with Crippen molar-refractivity contribution in [1.29, 1.82) is 0 Å². The Hall–Kier alpha value is -2.74. The van der Waals surface area contributed by atoms with Crippen molar-refractivity contribution in [3.63, 3.8) is 0 Å². The van der Waals surface area contributed by atoms with Crippen LogP contribution in [0.3, 0.4) is 0 Å². The van der Waals surface area contributed by atoms with Crippen molar-refractivity contribution in [2.24, 2.45) is 0 Å². The summed E-state index contributed by atoms with van der Waals surface area (Å²) in [4.78, 5) is 39.0. The van der Waals surface area contributed by atoms with E-state index < -0.39 is 5.91 Å². The molecule has 2 heterocycles. The van der Waals surface area contributed by atoms with Crippen LogP contribution in [0.1, 0.15) is 63.4 Å². The van der Waals surface area contributed by atoms with Crippen molar-refractivity contribution >= 4 is 22.6 Å². The molecule has 2 atom stereocenters. The Morgan fingerprint density at radius 3 is 2.47 bits per heavy atom. The maximum atomic E-state index is 12.7. The summed E-state index contributed by atoms with van der Waals surface area (Å²) in [6.45, 7) is 7.56. The summed E-state index contributed by atoms with van der Waals surface area (Å²) in [6, 6.07) is 7.99. The van der Waals surface area contributed by atoms with Crippen molar-refractivity contribution in [2.45, 2.75) is 71.5 Å². The molecule has 8 nitrogen and oxygen atoms in total. The second kappa shape index (κ2) is 9.84. The van der Waals surface area contributed by atoms with E-state index in [1.165, 1.54) is 28.8 Å². The molecule has 2 aromatic rings. The van der Waals surface area contributed by atoms with Crippen LogP contribution in [0.2, 0.25) is 0 Å². The average molecular weight is 415 g/mol. The highest BCUT2D eigenvalue weighted by atomic mass is 16.2. The first kappa shape index (κ1) is 22.0. The maximum absolute atomic E-state index is 12.7. The van der Waals surface area contributed by atoms with E-state index in [4.69, 9.17) is 0 Å². The first-order chi connectivity index (χ1) is 14.4. The predicted octanol–water partition coefficient (Wildman–Crippen LogP) is 0.803. The molecule has 0 bridgehead atoms. The van der Waals surface area contributed by atoms with Crippen molar-refractivity contribution in [2.75, 3.05) is 6.54 Å². The summed E-state index contributed by atoms with van der Waals surface area (Å²) in [5.41, 5.74) is 4.87. The second-order valence-electron chi connectivity index (χ2n) is 8.23. The van der Waals surface area contributed by atoms with E-state index in [1.807, 2.05) is 6.92 Å². The number of carbonyl (C=O) groups excluding carboxylic acids is 2. The third-order valence-electron chi connectivity index (χ3n) is 6.01. The van der Waals surface area contributed by atoms with Crippen molar-refractivity contribution in [3.05, 3.63) is 40.3 Å². The molecule has 8 heteroatoms. The molecule has 0 radical (unpaired) electrons. The number of carbonyl (C=O) groups is 2. The molecule has 1 aromatic carbocycles. The smallest absolute Gasteiger partial charge is 0.290 e. The molecule has 3 N–H and O–H groups in total. The van der Waals surface area contributed by atoms with Gasteiger partial charge in [0.1, 0.15) is 0 Å². The first-order valence-corrected chi connectivity index (χ1v) is 10.9. The highest BCUT2D eigenvalue weighted by Crippen LogP contribution is 2.13. The molecule has 1 aromatic heterocycles. The van der Waals surface area contributed by atoms with Gasteiger partial charge < -0.3 is 4.90 Å². The topological polar surface area (TPSA) is 97.5 Å². The number of hydrazine groups is 1. The Bertz CT molecular complexity index is 961. The zero-order valence-corrected chi connectivity index (χ0v) is 18.0. The molecular formula is C22H32N5O3+. The summed E-state index contributed by atoms with van der Waals surface area (Å²) in [6.07, 6.45) is 4.68. The Balaban J connectivity index is 1.66. The zero-order chi connectivity index (χ0) is 21.7. The number of rotatable bonds is 6. The van der Waals surface area contributed by atoms with Crippen LogP contribution in [0.25, 0.3) is 10.8 Å². The van der Waals surface area contributed by atoms with Crippen LogP contribution < -0.4 is 21.3 Å². The molecule has 162 valence electrons. The monoisotopic (exact) mass is 414 g/mol. The fourth-order valence-electron chi connectivity index (χ4n) is 4.35. The highest BCUT2D eigenvalue weighted by Gasteiger charge is 2.28. The third kappa shape index (κ3) is 4.87. The summed E-state index contributed by atoms with van der Waals surface area (Å²) in [5.74, 6) is -0.761. The van der Waals surface area contributed by atoms with Gasteiger partial charge >= 0.3 is 0 Å². The molecule has 0 spiro atoms. The van der Waals surface area contributed by atoms with Crippen LogP contribution in [-0.4, -0.2) is 40.2 Å². The molecule has 3 rings (SSSR count). The maximum Gasteiger partial charge on any atom is 0.290 e. The van der Waals surface area contributed by atoms with Gasteiger partial charge in [-0.05, 0) is 45.6 Å². The number of amides is 2. The number of nitrogens with one attached hydrogen (secondary N) is 3. The molecule has 0 unspecified atom stereocenters. The van der Waals surface area contributed by atoms with E-state index in [2.05, 4.69) is 29.8 Å². The van der Waals surface area contributed by atoms with Gasteiger partial charge in [0, 0.05) is 11.9 Å². The lowest BCUT2D eigenvalue weighted by Crippen LogP contribution is -3.19. The number of hydrogen-bond acceptors (Lipinski definition) is 4. The van der Waals surface area contributed by atoms with Crippen molar-refractivity contribution < 1.29 is 14.5 Å². The van der Waals surface area contributed by atoms with Gasteiger partial charge in [0.15, 0.2) is 5.69 Å². The van der Waals surface area contributed by atoms with Gasteiger partial charge in [-0.25, -0.2) is 4.68 Å². The SMILES string of the molecule is CCCn1nc(C(=O)NNC(=O)CC[NH+]2[C@@H](C)CCC[C@@H]2C)c2ccccc2c1=O. The lowest BCUT2D eigenvalue weighted by molar-refractivity contribution is -0.950. The van der Waals surface area contributed by atoms with E-state index in [1.54, 1.807) is 24.3 Å². The van der Waals surface area contributed by atoms with Crippen LogP contribution >= 0.6 is 0 Å². The van der Waals surface area contributed by atoms with Crippen molar-refractivity contribution in [3.8, 4) is 0 Å². The quantitative estimate of drug-likeness (QED) is 0.609. The Kier molecular flexibility index (Phi) is 7.20. The van der Waals surface area contributed by atoms with E-state index >= 15 is 0 Å². The number of hydrogen-bond donors (Lipinski definition) is 3. The molecule has 0 aliphatic carbocycles. The number of aryl methyl sites for hydroxylation is 1. The Morgan fingerprint density at radius 1 is 1.13 bits per heavy atom. The van der Waals surface area contributed by atoms with E-state index in [0.717, 1.165) is 13.0 Å². The summed E-state index contributed by atoms with van der Waals surface area (Å²) < 4.78 is 1.31. The van der Waals surface area contributed by atoms with Crippen LogP contribution in [0, 0.1) is 0 Å². The van der Waals surface area contributed by atoms with Gasteiger partial charge in [0.25, 0.3) is 11.5 Å². The van der Waals surface area contributed by atoms with Gasteiger partial charge in [-0.1, -0.05) is 25.1 Å². The highest BCUT2D eigenvalue weighted by molar-refractivity contribution is 6.05. The van der Waals surface area contributed by atoms with Crippen molar-refractivity contribution in [1.82, 2.24) is 20.6 Å². The third-order valence-corrected chi connectivity index (χ3v) is 6.01. The van der Waals surface area contributed by atoms with Gasteiger partial charge in [-0.3, -0.25) is 25.2 Å². The number of piperidine rings is 1. The largest absolute Gasteiger partial charge is 0.330 e. The van der Waals surface area contributed by atoms with E-state index in [9.17, 15) is 14.4 Å². The minimum Gasteiger partial charge on any atom is -0.330 e. The average Bonchev–Trinajstić information content (AvgIpc) is 2.74. The minimum atomic E-state index is -0.531. The summed E-state index contributed by atoms with van der Waals surface area (Å²) in [5, 5.41) is 5.16. The number of aromatic nitrogens is 2. The molecule has 2 amide bonds. The number of quaternary nitrogens is 1. The molecule has 30 heavy (non-hydrogen) atoms. The van der Waals surface area contributed by atoms with E-state index in [-0.39, 0.29) is 17.2 Å². The molecule has 1 fully saturated rings. The van der Waals surface area contributed by atoms with Gasteiger partial charge in [0.2, 0.25) is 5.91 Å². The van der Waals surface area contributed by atoms with Crippen LogP contribution in [0.5, 0.6) is 0 Å². The normalized spacial score (nSPS) is 19.6. The van der Waals surface area contributed by atoms with Gasteiger partial charge in [-0.2, -0.15) is 5.10 Å². The summed E-state index contributed by atoms with van der Waals surface area (Å²) >= 11 is 0. The number of nitrogens with zero attached hydrogens (tertiary/aromatic N) is 2. The van der Waals surface area contributed by atoms with Crippen LogP contribution in [-0.2, 0) is 11.3 Å². The molecule has 1 saturated heterocycles. The Morgan fingerprint density at radius 2 is 1.80 bits per heavy atom. The van der Waals surface area contributed by atoms with Gasteiger partial charge in [0.05, 0.1) is 30.4 Å². The Labute approximate surface area is 176 Å². The molecule has 0 saturated carbocycles. The standard InChI is InChI=1S/C22H31N5O3/c1-4-13-27-22(30)18-11-6-5-10-17(18)20(25-27)21(29)24-23-19(28)12-14-26-15(2)8-7-9-16(26)3/h5-6,10-11,15-16H,4,7-9,12-14H2,1-3H3,(H,23,28)(H,24,29)/p+1/t15-,16-/m0/s1. The first-order valence-electron chi connectivity index (χ1n) is 10.9. The minimum absolute atomic E-state index is 0.128. The fraction of sp³-hybridized carbons (Fsp3) is 0.545. The predicted molar refractivity (Wildman–Crippen MR) is 115 cm³/mol. The molecular weight excluding hydrogens is 382 g/mol. The number of fused-ring (bicyclic) bond motifs is 1. The van der Waals surface area contributed by atoms with E-state index in [0.29, 0.717) is 35.8 Å². The van der Waals surface area contributed by atoms with Crippen LogP contribution in [0.15, 0.2) is 29.1 Å². The number of likely N-dealkylation sites (tertiary alicyclic amines) is 1. The molecule has 1 aliphatic rings. The summed E-state index contributed by atoms with van der Waals surface area (Å²) in [7, 11) is 0.